The summed E-state index contributed by atoms with van der Waals surface area (Å²) >= 11 is 3.13. The van der Waals surface area contributed by atoms with E-state index in [2.05, 4.69) is 15.5 Å². The Morgan fingerprint density at radius 1 is 1.19 bits per heavy atom. The Morgan fingerprint density at radius 3 is 2.69 bits per heavy atom. The lowest BCUT2D eigenvalue weighted by Gasteiger charge is -2.32. The molecule has 0 bridgehead atoms. The molecule has 9 heteroatoms. The highest BCUT2D eigenvalue weighted by molar-refractivity contribution is 7.15. The van der Waals surface area contributed by atoms with E-state index in [1.807, 2.05) is 53.8 Å². The predicted molar refractivity (Wildman–Crippen MR) is 125 cm³/mol. The molecule has 0 spiro atoms. The van der Waals surface area contributed by atoms with E-state index < -0.39 is 0 Å². The summed E-state index contributed by atoms with van der Waals surface area (Å²) in [5, 5.41) is 11.5. The van der Waals surface area contributed by atoms with Crippen LogP contribution in [0.1, 0.15) is 44.1 Å². The molecule has 0 aliphatic carbocycles. The Hall–Kier alpha value is -3.04. The van der Waals surface area contributed by atoms with Crippen LogP contribution in [0.5, 0.6) is 0 Å². The smallest absolute Gasteiger partial charge is 0.259 e. The van der Waals surface area contributed by atoms with Crippen molar-refractivity contribution in [2.24, 2.45) is 0 Å². The first-order chi connectivity index (χ1) is 15.5. The number of fused-ring (bicyclic) bond motifs is 1. The second-order valence-electron chi connectivity index (χ2n) is 7.97. The Kier molecular flexibility index (Phi) is 5.52. The molecule has 1 saturated heterocycles. The zero-order valence-corrected chi connectivity index (χ0v) is 19.4. The van der Waals surface area contributed by atoms with Crippen molar-refractivity contribution in [3.8, 4) is 10.6 Å². The molecule has 0 unspecified atom stereocenters. The van der Waals surface area contributed by atoms with Gasteiger partial charge in [-0.3, -0.25) is 9.59 Å². The van der Waals surface area contributed by atoms with Crippen LogP contribution in [0, 0.1) is 13.8 Å². The largest absolute Gasteiger partial charge is 0.349 e. The third-order valence-corrected chi connectivity index (χ3v) is 7.45. The fraction of sp³-hybridized carbons (Fsp3) is 0.304. The maximum atomic E-state index is 13.5. The summed E-state index contributed by atoms with van der Waals surface area (Å²) in [5.74, 6) is -0.108. The van der Waals surface area contributed by atoms with Crippen LogP contribution < -0.4 is 5.32 Å². The highest BCUT2D eigenvalue weighted by Gasteiger charge is 2.28. The van der Waals surface area contributed by atoms with Gasteiger partial charge in [0.1, 0.15) is 0 Å². The quantitative estimate of drug-likeness (QED) is 0.472. The van der Waals surface area contributed by atoms with E-state index in [0.29, 0.717) is 46.7 Å². The topological polar surface area (TPSA) is 88.3 Å². The maximum absolute atomic E-state index is 13.5. The first-order valence-corrected chi connectivity index (χ1v) is 12.2. The molecule has 4 aromatic rings. The molecule has 0 atom stereocenters. The molecule has 32 heavy (non-hydrogen) atoms. The summed E-state index contributed by atoms with van der Waals surface area (Å²) < 4.78 is 5.42. The number of carbonyl (C=O) groups excluding carboxylic acids is 2. The number of pyridine rings is 1. The van der Waals surface area contributed by atoms with Crippen molar-refractivity contribution in [2.75, 3.05) is 13.1 Å². The minimum Gasteiger partial charge on any atom is -0.349 e. The zero-order chi connectivity index (χ0) is 22.2. The third-order valence-electron chi connectivity index (χ3n) is 5.74. The van der Waals surface area contributed by atoms with Crippen LogP contribution in [0.25, 0.3) is 21.7 Å². The molecule has 5 rings (SSSR count). The number of rotatable bonds is 4. The van der Waals surface area contributed by atoms with Crippen molar-refractivity contribution < 1.29 is 14.1 Å². The second kappa shape index (κ2) is 8.48. The monoisotopic (exact) mass is 466 g/mol. The Balaban J connectivity index is 1.36. The van der Waals surface area contributed by atoms with E-state index in [1.165, 1.54) is 16.2 Å². The van der Waals surface area contributed by atoms with E-state index in [9.17, 15) is 9.59 Å². The van der Waals surface area contributed by atoms with E-state index in [1.54, 1.807) is 11.3 Å². The average molecular weight is 467 g/mol. The molecule has 164 valence electrons. The lowest BCUT2D eigenvalue weighted by atomic mass is 10.0. The van der Waals surface area contributed by atoms with Gasteiger partial charge >= 0.3 is 0 Å². The minimum absolute atomic E-state index is 0.0529. The number of hydrogen-bond donors (Lipinski definition) is 1. The van der Waals surface area contributed by atoms with E-state index in [0.717, 1.165) is 17.7 Å². The lowest BCUT2D eigenvalue weighted by Crippen LogP contribution is -2.46. The summed E-state index contributed by atoms with van der Waals surface area (Å²) in [6.45, 7) is 5.02. The van der Waals surface area contributed by atoms with Crippen molar-refractivity contribution >= 4 is 45.6 Å². The fourth-order valence-electron chi connectivity index (χ4n) is 4.02. The minimum atomic E-state index is -0.0548. The molecule has 1 aliphatic rings. The normalized spacial score (nSPS) is 14.8. The van der Waals surface area contributed by atoms with Gasteiger partial charge in [-0.05, 0) is 56.3 Å². The van der Waals surface area contributed by atoms with Gasteiger partial charge in [0.05, 0.1) is 27.2 Å². The molecule has 0 saturated carbocycles. The molecule has 5 heterocycles. The molecular weight excluding hydrogens is 444 g/mol. The number of aromatic nitrogens is 2. The molecule has 1 N–H and O–H groups in total. The van der Waals surface area contributed by atoms with E-state index in [4.69, 9.17) is 4.52 Å². The van der Waals surface area contributed by atoms with Gasteiger partial charge in [-0.15, -0.1) is 11.3 Å². The molecule has 7 nitrogen and oxygen atoms in total. The van der Waals surface area contributed by atoms with Crippen LogP contribution in [-0.4, -0.2) is 46.0 Å². The van der Waals surface area contributed by atoms with Crippen LogP contribution in [0.15, 0.2) is 39.5 Å². The van der Waals surface area contributed by atoms with E-state index in [-0.39, 0.29) is 17.9 Å². The Morgan fingerprint density at radius 2 is 2.00 bits per heavy atom. The lowest BCUT2D eigenvalue weighted by molar-refractivity contribution is 0.0700. The average Bonchev–Trinajstić information content (AvgIpc) is 3.55. The number of thiophene rings is 2. The van der Waals surface area contributed by atoms with Gasteiger partial charge in [-0.1, -0.05) is 5.16 Å². The van der Waals surface area contributed by atoms with Gasteiger partial charge in [0.2, 0.25) is 0 Å². The van der Waals surface area contributed by atoms with Crippen molar-refractivity contribution in [1.29, 1.82) is 0 Å². The first kappa shape index (κ1) is 20.8. The van der Waals surface area contributed by atoms with Gasteiger partial charge in [0.25, 0.3) is 17.5 Å². The van der Waals surface area contributed by atoms with Crippen LogP contribution in [0.3, 0.4) is 0 Å². The van der Waals surface area contributed by atoms with Crippen molar-refractivity contribution in [1.82, 2.24) is 20.4 Å². The molecule has 0 radical (unpaired) electrons. The van der Waals surface area contributed by atoms with Crippen molar-refractivity contribution in [3.63, 3.8) is 0 Å². The summed E-state index contributed by atoms with van der Waals surface area (Å²) in [6.07, 6.45) is 1.44. The van der Waals surface area contributed by atoms with Crippen LogP contribution in [-0.2, 0) is 0 Å². The summed E-state index contributed by atoms with van der Waals surface area (Å²) in [4.78, 5) is 34.5. The van der Waals surface area contributed by atoms with Crippen LogP contribution in [0.2, 0.25) is 0 Å². The number of likely N-dealkylation sites (tertiary alicyclic amines) is 1. The number of nitrogens with one attached hydrogen (secondary N) is 1. The standard InChI is InChI=1S/C23H22N4O3S2/c1-13-3-4-19(32-13)18-11-17(20-14(2)26-30-22(20)25-18)23(29)27-8-5-16(6-9-27)24-21(28)15-7-10-31-12-15/h3-4,7,10-12,16H,5-6,8-9H2,1-2H3,(H,24,28). The highest BCUT2D eigenvalue weighted by Crippen LogP contribution is 2.32. The first-order valence-electron chi connectivity index (χ1n) is 10.5. The van der Waals surface area contributed by atoms with Crippen LogP contribution >= 0.6 is 22.7 Å². The van der Waals surface area contributed by atoms with Gasteiger partial charge in [0, 0.05) is 35.0 Å². The molecule has 1 aliphatic heterocycles. The SMILES string of the molecule is Cc1ccc(-c2cc(C(=O)N3CCC(NC(=O)c4ccsc4)CC3)c3c(C)noc3n2)s1. The molecular formula is C23H22N4O3S2. The second-order valence-corrected chi connectivity index (χ2v) is 10.0. The molecule has 0 aromatic carbocycles. The number of piperidine rings is 1. The van der Waals surface area contributed by atoms with Crippen molar-refractivity contribution in [2.45, 2.75) is 32.7 Å². The van der Waals surface area contributed by atoms with Crippen LogP contribution in [0.4, 0.5) is 0 Å². The molecule has 4 aromatic heterocycles. The highest BCUT2D eigenvalue weighted by atomic mass is 32.1. The fourth-order valence-corrected chi connectivity index (χ4v) is 5.49. The summed E-state index contributed by atoms with van der Waals surface area (Å²) in [7, 11) is 0. The zero-order valence-electron chi connectivity index (χ0n) is 17.8. The third kappa shape index (κ3) is 3.93. The number of carbonyl (C=O) groups is 2. The number of aryl methyl sites for hydroxylation is 2. The van der Waals surface area contributed by atoms with Gasteiger partial charge < -0.3 is 14.7 Å². The maximum Gasteiger partial charge on any atom is 0.259 e. The van der Waals surface area contributed by atoms with E-state index >= 15 is 0 Å². The Labute approximate surface area is 193 Å². The number of hydrogen-bond acceptors (Lipinski definition) is 7. The molecule has 2 amide bonds. The van der Waals surface area contributed by atoms with Gasteiger partial charge in [-0.25, -0.2) is 4.98 Å². The summed E-state index contributed by atoms with van der Waals surface area (Å²) in [6, 6.07) is 7.78. The molecule has 1 fully saturated rings. The predicted octanol–water partition coefficient (Wildman–Crippen LogP) is 4.66. The Bertz CT molecular complexity index is 1280. The number of amides is 2. The van der Waals surface area contributed by atoms with Gasteiger partial charge in [0.15, 0.2) is 0 Å². The number of nitrogens with zero attached hydrogens (tertiary/aromatic N) is 3. The van der Waals surface area contributed by atoms with Gasteiger partial charge in [-0.2, -0.15) is 11.3 Å². The van der Waals surface area contributed by atoms with Crippen molar-refractivity contribution in [3.05, 3.63) is 56.7 Å². The summed E-state index contributed by atoms with van der Waals surface area (Å²) in [5.41, 5.74) is 3.01.